The van der Waals surface area contributed by atoms with E-state index in [4.69, 9.17) is 10.8 Å². The second-order valence-electron chi connectivity index (χ2n) is 3.51. The molecular weight excluding hydrogens is 162 g/mol. The standard InChI is InChI=1S/C7H17NO2S/c1-7(2,3)11(10)5-6(9)4-8/h6,9H,4-5,8H2,1-3H3. The summed E-state index contributed by atoms with van der Waals surface area (Å²) >= 11 is 0. The second kappa shape index (κ2) is 4.18. The molecule has 0 heterocycles. The molecule has 0 aromatic carbocycles. The van der Waals surface area contributed by atoms with Crippen molar-refractivity contribution < 1.29 is 9.32 Å². The molecule has 0 saturated heterocycles. The van der Waals surface area contributed by atoms with Crippen LogP contribution in [0.15, 0.2) is 0 Å². The number of aliphatic hydroxyl groups is 1. The van der Waals surface area contributed by atoms with E-state index in [0.717, 1.165) is 0 Å². The van der Waals surface area contributed by atoms with Gasteiger partial charge >= 0.3 is 0 Å². The van der Waals surface area contributed by atoms with E-state index >= 15 is 0 Å². The van der Waals surface area contributed by atoms with Gasteiger partial charge in [-0.05, 0) is 20.8 Å². The Morgan fingerprint density at radius 3 is 2.27 bits per heavy atom. The van der Waals surface area contributed by atoms with Crippen LogP contribution in [0.2, 0.25) is 0 Å². The van der Waals surface area contributed by atoms with Gasteiger partial charge < -0.3 is 10.8 Å². The summed E-state index contributed by atoms with van der Waals surface area (Å²) in [7, 11) is -0.997. The summed E-state index contributed by atoms with van der Waals surface area (Å²) in [5, 5.41) is 9.07. The van der Waals surface area contributed by atoms with Crippen molar-refractivity contribution in [2.45, 2.75) is 31.6 Å². The molecule has 4 heteroatoms. The molecule has 2 unspecified atom stereocenters. The monoisotopic (exact) mass is 179 g/mol. The summed E-state index contributed by atoms with van der Waals surface area (Å²) in [5.41, 5.74) is 5.18. The topological polar surface area (TPSA) is 63.3 Å². The maximum absolute atomic E-state index is 11.3. The fraction of sp³-hybridized carbons (Fsp3) is 1.00. The average Bonchev–Trinajstić information content (AvgIpc) is 1.85. The number of hydrogen-bond donors (Lipinski definition) is 2. The van der Waals surface area contributed by atoms with Crippen molar-refractivity contribution in [3.63, 3.8) is 0 Å². The number of nitrogens with two attached hydrogens (primary N) is 1. The molecular formula is C7H17NO2S. The molecule has 0 aliphatic rings. The van der Waals surface area contributed by atoms with Gasteiger partial charge in [0.25, 0.3) is 0 Å². The molecule has 0 rings (SSSR count). The molecule has 0 amide bonds. The Hall–Kier alpha value is 0.0700. The molecule has 0 saturated carbocycles. The van der Waals surface area contributed by atoms with Crippen molar-refractivity contribution in [3.05, 3.63) is 0 Å². The molecule has 68 valence electrons. The Balaban J connectivity index is 3.88. The maximum Gasteiger partial charge on any atom is 0.0777 e. The Morgan fingerprint density at radius 2 is 2.00 bits per heavy atom. The first-order chi connectivity index (χ1) is 4.88. The zero-order valence-corrected chi connectivity index (χ0v) is 8.15. The molecule has 0 aliphatic carbocycles. The van der Waals surface area contributed by atoms with Gasteiger partial charge in [-0.2, -0.15) is 0 Å². The molecule has 0 aromatic heterocycles. The predicted octanol–water partition coefficient (Wildman–Crippen LogP) is -0.147. The Bertz CT molecular complexity index is 142. The Kier molecular flexibility index (Phi) is 4.21. The van der Waals surface area contributed by atoms with Crippen LogP contribution in [0, 0.1) is 0 Å². The lowest BCUT2D eigenvalue weighted by atomic mass is 10.3. The van der Waals surface area contributed by atoms with E-state index in [-0.39, 0.29) is 17.0 Å². The van der Waals surface area contributed by atoms with Crippen molar-refractivity contribution >= 4 is 10.8 Å². The first kappa shape index (κ1) is 11.1. The van der Waals surface area contributed by atoms with Gasteiger partial charge in [0.2, 0.25) is 0 Å². The van der Waals surface area contributed by atoms with Gasteiger partial charge in [-0.3, -0.25) is 4.21 Å². The summed E-state index contributed by atoms with van der Waals surface area (Å²) in [5.74, 6) is 0.278. The summed E-state index contributed by atoms with van der Waals surface area (Å²) in [6.07, 6.45) is -0.630. The molecule has 0 fully saturated rings. The zero-order chi connectivity index (χ0) is 9.07. The van der Waals surface area contributed by atoms with Gasteiger partial charge in [-0.25, -0.2) is 0 Å². The van der Waals surface area contributed by atoms with Gasteiger partial charge in [-0.15, -0.1) is 0 Å². The van der Waals surface area contributed by atoms with Gasteiger partial charge in [-0.1, -0.05) is 0 Å². The lowest BCUT2D eigenvalue weighted by Crippen LogP contribution is -2.33. The van der Waals surface area contributed by atoms with Gasteiger partial charge in [0.05, 0.1) is 11.9 Å². The minimum atomic E-state index is -0.997. The third kappa shape index (κ3) is 4.50. The summed E-state index contributed by atoms with van der Waals surface area (Å²) in [6, 6.07) is 0. The normalized spacial score (nSPS) is 17.9. The van der Waals surface area contributed by atoms with E-state index in [1.54, 1.807) is 0 Å². The fourth-order valence-electron chi connectivity index (χ4n) is 0.493. The highest BCUT2D eigenvalue weighted by atomic mass is 32.2. The van der Waals surface area contributed by atoms with Crippen molar-refractivity contribution in [2.75, 3.05) is 12.3 Å². The van der Waals surface area contributed by atoms with Crippen LogP contribution in [0.4, 0.5) is 0 Å². The van der Waals surface area contributed by atoms with E-state index in [0.29, 0.717) is 0 Å². The van der Waals surface area contributed by atoms with Crippen molar-refractivity contribution in [1.29, 1.82) is 0 Å². The molecule has 2 atom stereocenters. The molecule has 0 aliphatic heterocycles. The lowest BCUT2D eigenvalue weighted by Gasteiger charge is -2.19. The number of aliphatic hydroxyl groups excluding tert-OH is 1. The lowest BCUT2D eigenvalue weighted by molar-refractivity contribution is 0.206. The van der Waals surface area contributed by atoms with Crippen LogP contribution >= 0.6 is 0 Å². The van der Waals surface area contributed by atoms with Crippen LogP contribution in [0.25, 0.3) is 0 Å². The summed E-state index contributed by atoms with van der Waals surface area (Å²) in [4.78, 5) is 0. The van der Waals surface area contributed by atoms with Crippen LogP contribution in [-0.4, -0.2) is 32.5 Å². The van der Waals surface area contributed by atoms with E-state index < -0.39 is 16.9 Å². The Morgan fingerprint density at radius 1 is 1.55 bits per heavy atom. The van der Waals surface area contributed by atoms with Crippen molar-refractivity contribution in [1.82, 2.24) is 0 Å². The highest BCUT2D eigenvalue weighted by molar-refractivity contribution is 7.86. The molecule has 3 N–H and O–H groups in total. The van der Waals surface area contributed by atoms with Crippen LogP contribution in [0.3, 0.4) is 0 Å². The van der Waals surface area contributed by atoms with E-state index in [1.165, 1.54) is 0 Å². The smallest absolute Gasteiger partial charge is 0.0777 e. The van der Waals surface area contributed by atoms with E-state index in [1.807, 2.05) is 20.8 Å². The van der Waals surface area contributed by atoms with Crippen LogP contribution in [-0.2, 0) is 10.8 Å². The maximum atomic E-state index is 11.3. The quantitative estimate of drug-likeness (QED) is 0.633. The first-order valence-corrected chi connectivity index (χ1v) is 4.96. The molecule has 3 nitrogen and oxygen atoms in total. The summed E-state index contributed by atoms with van der Waals surface area (Å²) < 4.78 is 11.1. The third-order valence-electron chi connectivity index (χ3n) is 1.30. The molecule has 0 radical (unpaired) electrons. The largest absolute Gasteiger partial charge is 0.391 e. The van der Waals surface area contributed by atoms with Gasteiger partial charge in [0.1, 0.15) is 0 Å². The number of rotatable bonds is 3. The second-order valence-corrected chi connectivity index (χ2v) is 5.76. The predicted molar refractivity (Wildman–Crippen MR) is 47.8 cm³/mol. The fourth-order valence-corrected chi connectivity index (χ4v) is 1.48. The SMILES string of the molecule is CC(C)(C)S(=O)CC(O)CN. The molecule has 0 aromatic rings. The molecule has 0 bridgehead atoms. The average molecular weight is 179 g/mol. The van der Waals surface area contributed by atoms with Crippen molar-refractivity contribution in [3.8, 4) is 0 Å². The van der Waals surface area contributed by atoms with Crippen LogP contribution in [0.1, 0.15) is 20.8 Å². The highest BCUT2D eigenvalue weighted by Gasteiger charge is 2.21. The van der Waals surface area contributed by atoms with Crippen LogP contribution < -0.4 is 5.73 Å². The van der Waals surface area contributed by atoms with E-state index in [9.17, 15) is 4.21 Å². The zero-order valence-electron chi connectivity index (χ0n) is 7.33. The van der Waals surface area contributed by atoms with E-state index in [2.05, 4.69) is 0 Å². The highest BCUT2D eigenvalue weighted by Crippen LogP contribution is 2.11. The minimum Gasteiger partial charge on any atom is -0.391 e. The summed E-state index contributed by atoms with van der Waals surface area (Å²) in [6.45, 7) is 5.83. The Labute approximate surface area is 70.4 Å². The minimum absolute atomic E-state index is 0.182. The van der Waals surface area contributed by atoms with Crippen molar-refractivity contribution in [2.24, 2.45) is 5.73 Å². The van der Waals surface area contributed by atoms with Gasteiger partial charge in [0.15, 0.2) is 0 Å². The third-order valence-corrected chi connectivity index (χ3v) is 3.35. The molecule has 11 heavy (non-hydrogen) atoms. The molecule has 0 spiro atoms. The first-order valence-electron chi connectivity index (χ1n) is 3.64. The number of hydrogen-bond acceptors (Lipinski definition) is 3. The van der Waals surface area contributed by atoms with Gasteiger partial charge in [0, 0.05) is 22.1 Å². The van der Waals surface area contributed by atoms with Crippen LogP contribution in [0.5, 0.6) is 0 Å².